The van der Waals surface area contributed by atoms with E-state index in [4.69, 9.17) is 27.5 Å². The van der Waals surface area contributed by atoms with Gasteiger partial charge in [0.2, 0.25) is 0 Å². The Hall–Kier alpha value is -1.22. The summed E-state index contributed by atoms with van der Waals surface area (Å²) in [6, 6.07) is 5.47. The number of nitrogens with one attached hydrogen (secondary N) is 1. The van der Waals surface area contributed by atoms with Crippen molar-refractivity contribution in [1.29, 1.82) is 5.41 Å². The Morgan fingerprint density at radius 3 is 2.62 bits per heavy atom. The molecule has 2 bridgehead atoms. The van der Waals surface area contributed by atoms with E-state index >= 15 is 0 Å². The number of benzene rings is 1. The van der Waals surface area contributed by atoms with Gasteiger partial charge in [-0.3, -0.25) is 5.41 Å². The Bertz CT molecular complexity index is 598. The van der Waals surface area contributed by atoms with E-state index in [0.717, 1.165) is 6.42 Å². The smallest absolute Gasteiger partial charge is 0.132 e. The molecule has 0 spiro atoms. The number of nitrogen functional groups attached to an aromatic ring is 1. The van der Waals surface area contributed by atoms with Gasteiger partial charge in [-0.15, -0.1) is 0 Å². The zero-order valence-electron chi connectivity index (χ0n) is 12.9. The van der Waals surface area contributed by atoms with Crippen LogP contribution in [0.1, 0.15) is 45.6 Å². The number of hydrogen-bond acceptors (Lipinski definition) is 2. The van der Waals surface area contributed by atoms with Gasteiger partial charge in [0.1, 0.15) is 17.7 Å². The summed E-state index contributed by atoms with van der Waals surface area (Å²) in [7, 11) is 0. The van der Waals surface area contributed by atoms with Crippen molar-refractivity contribution in [3.8, 4) is 5.75 Å². The van der Waals surface area contributed by atoms with Gasteiger partial charge in [0, 0.05) is 5.41 Å². The van der Waals surface area contributed by atoms with E-state index < -0.39 is 0 Å². The molecule has 0 radical (unpaired) electrons. The van der Waals surface area contributed by atoms with E-state index in [-0.39, 0.29) is 17.4 Å². The van der Waals surface area contributed by atoms with Crippen molar-refractivity contribution in [2.24, 2.45) is 22.5 Å². The van der Waals surface area contributed by atoms with Crippen molar-refractivity contribution in [1.82, 2.24) is 0 Å². The third-order valence-electron chi connectivity index (χ3n) is 6.23. The summed E-state index contributed by atoms with van der Waals surface area (Å²) < 4.78 is 6.32. The molecule has 4 heteroatoms. The Morgan fingerprint density at radius 1 is 1.38 bits per heavy atom. The Morgan fingerprint density at radius 2 is 2.10 bits per heavy atom. The predicted octanol–water partition coefficient (Wildman–Crippen LogP) is 4.22. The van der Waals surface area contributed by atoms with Crippen LogP contribution >= 0.6 is 11.6 Å². The highest BCUT2D eigenvalue weighted by Gasteiger charge is 2.62. The minimum Gasteiger partial charge on any atom is -0.489 e. The van der Waals surface area contributed by atoms with Crippen molar-refractivity contribution in [3.05, 3.63) is 28.8 Å². The van der Waals surface area contributed by atoms with Crippen molar-refractivity contribution in [2.75, 3.05) is 0 Å². The fourth-order valence-electron chi connectivity index (χ4n) is 4.33. The highest BCUT2D eigenvalue weighted by Crippen LogP contribution is 2.66. The standard InChI is InChI=1S/C17H23ClN2O/c1-16(2)10-7-8-17(16,3)13(9-10)21-12-6-4-5-11(18)14(12)15(19)20/h4-6,10,13H,7-9H2,1-3H3,(H3,19,20). The highest BCUT2D eigenvalue weighted by atomic mass is 35.5. The van der Waals surface area contributed by atoms with Crippen LogP contribution in [-0.4, -0.2) is 11.9 Å². The van der Waals surface area contributed by atoms with Gasteiger partial charge in [-0.25, -0.2) is 0 Å². The zero-order valence-corrected chi connectivity index (χ0v) is 13.6. The summed E-state index contributed by atoms with van der Waals surface area (Å²) in [6.07, 6.45) is 3.74. The van der Waals surface area contributed by atoms with E-state index in [0.29, 0.717) is 27.7 Å². The minimum atomic E-state index is -0.0387. The van der Waals surface area contributed by atoms with Crippen LogP contribution in [0.2, 0.25) is 5.02 Å². The average molecular weight is 307 g/mol. The van der Waals surface area contributed by atoms with Gasteiger partial charge in [0.05, 0.1) is 10.6 Å². The summed E-state index contributed by atoms with van der Waals surface area (Å²) in [6.45, 7) is 7.05. The second-order valence-corrected chi connectivity index (χ2v) is 7.65. The molecule has 21 heavy (non-hydrogen) atoms. The fraction of sp³-hybridized carbons (Fsp3) is 0.588. The lowest BCUT2D eigenvalue weighted by molar-refractivity contribution is 0.0300. The lowest BCUT2D eigenvalue weighted by Crippen LogP contribution is -2.39. The lowest BCUT2D eigenvalue weighted by atomic mass is 9.70. The number of amidine groups is 1. The molecular formula is C17H23ClN2O. The van der Waals surface area contributed by atoms with Gasteiger partial charge in [-0.2, -0.15) is 0 Å². The molecule has 0 amide bonds. The minimum absolute atomic E-state index is 0.0387. The monoisotopic (exact) mass is 306 g/mol. The normalized spacial score (nSPS) is 33.1. The van der Waals surface area contributed by atoms with Crippen LogP contribution in [0.3, 0.4) is 0 Å². The van der Waals surface area contributed by atoms with Gasteiger partial charge in [0.25, 0.3) is 0 Å². The van der Waals surface area contributed by atoms with Crippen LogP contribution in [0.4, 0.5) is 0 Å². The predicted molar refractivity (Wildman–Crippen MR) is 86.1 cm³/mol. The molecule has 0 heterocycles. The van der Waals surface area contributed by atoms with Crippen molar-refractivity contribution in [3.63, 3.8) is 0 Å². The van der Waals surface area contributed by atoms with E-state index in [1.54, 1.807) is 6.07 Å². The first kappa shape index (κ1) is 14.7. The molecule has 3 unspecified atom stereocenters. The molecule has 1 aromatic carbocycles. The molecule has 3 N–H and O–H groups in total. The number of ether oxygens (including phenoxy) is 1. The van der Waals surface area contributed by atoms with Crippen LogP contribution < -0.4 is 10.5 Å². The molecular weight excluding hydrogens is 284 g/mol. The van der Waals surface area contributed by atoms with E-state index in [9.17, 15) is 0 Å². The van der Waals surface area contributed by atoms with Crippen LogP contribution in [0, 0.1) is 22.2 Å². The molecule has 3 rings (SSSR count). The summed E-state index contributed by atoms with van der Waals surface area (Å²) in [5.41, 5.74) is 6.66. The molecule has 3 nitrogen and oxygen atoms in total. The van der Waals surface area contributed by atoms with Gasteiger partial charge in [-0.1, -0.05) is 38.4 Å². The van der Waals surface area contributed by atoms with Gasteiger partial charge in [-0.05, 0) is 42.7 Å². The molecule has 2 aliphatic rings. The van der Waals surface area contributed by atoms with Crippen LogP contribution in [0.25, 0.3) is 0 Å². The van der Waals surface area contributed by atoms with Crippen molar-refractivity contribution >= 4 is 17.4 Å². The number of rotatable bonds is 3. The lowest BCUT2D eigenvalue weighted by Gasteiger charge is -2.39. The summed E-state index contributed by atoms with van der Waals surface area (Å²) in [5.74, 6) is 1.32. The maximum Gasteiger partial charge on any atom is 0.132 e. The SMILES string of the molecule is CC1(C)C2CCC1(C)C(Oc1cccc(Cl)c1C(=N)N)C2. The van der Waals surface area contributed by atoms with Crippen LogP contribution in [0.5, 0.6) is 5.75 Å². The second kappa shape index (κ2) is 4.64. The number of hydrogen-bond donors (Lipinski definition) is 2. The summed E-state index contributed by atoms with van der Waals surface area (Å²) in [4.78, 5) is 0. The molecule has 2 saturated carbocycles. The highest BCUT2D eigenvalue weighted by molar-refractivity contribution is 6.34. The van der Waals surface area contributed by atoms with Gasteiger partial charge in [0.15, 0.2) is 0 Å². The average Bonchev–Trinajstić information content (AvgIpc) is 2.71. The van der Waals surface area contributed by atoms with Crippen LogP contribution in [-0.2, 0) is 0 Å². The maximum atomic E-state index is 7.73. The fourth-order valence-corrected chi connectivity index (χ4v) is 4.59. The first-order chi connectivity index (χ1) is 9.77. The zero-order chi connectivity index (χ0) is 15.4. The van der Waals surface area contributed by atoms with Crippen molar-refractivity contribution in [2.45, 2.75) is 46.1 Å². The molecule has 2 fully saturated rings. The number of nitrogens with two attached hydrogens (primary N) is 1. The largest absolute Gasteiger partial charge is 0.489 e. The topological polar surface area (TPSA) is 59.1 Å². The Labute approximate surface area is 131 Å². The summed E-state index contributed by atoms with van der Waals surface area (Å²) >= 11 is 6.18. The molecule has 2 aliphatic carbocycles. The first-order valence-corrected chi connectivity index (χ1v) is 7.95. The van der Waals surface area contributed by atoms with E-state index in [1.165, 1.54) is 12.8 Å². The van der Waals surface area contributed by atoms with Gasteiger partial charge >= 0.3 is 0 Å². The van der Waals surface area contributed by atoms with Crippen LogP contribution in [0.15, 0.2) is 18.2 Å². The quantitative estimate of drug-likeness (QED) is 0.649. The first-order valence-electron chi connectivity index (χ1n) is 7.57. The molecule has 0 aromatic heterocycles. The Kier molecular flexibility index (Phi) is 3.25. The molecule has 3 atom stereocenters. The third-order valence-corrected chi connectivity index (χ3v) is 6.54. The third kappa shape index (κ3) is 1.97. The second-order valence-electron chi connectivity index (χ2n) is 7.24. The van der Waals surface area contributed by atoms with Crippen molar-refractivity contribution < 1.29 is 4.74 Å². The number of fused-ring (bicyclic) bond motifs is 2. The van der Waals surface area contributed by atoms with E-state index in [1.807, 2.05) is 12.1 Å². The molecule has 0 saturated heterocycles. The Balaban J connectivity index is 1.93. The maximum absolute atomic E-state index is 7.73. The molecule has 0 aliphatic heterocycles. The van der Waals surface area contributed by atoms with Gasteiger partial charge < -0.3 is 10.5 Å². The molecule has 114 valence electrons. The summed E-state index contributed by atoms with van der Waals surface area (Å²) in [5, 5.41) is 8.21. The van der Waals surface area contributed by atoms with E-state index in [2.05, 4.69) is 20.8 Å². The number of halogens is 1. The molecule has 1 aromatic rings.